The van der Waals surface area contributed by atoms with Gasteiger partial charge in [-0.3, -0.25) is 14.4 Å². The van der Waals surface area contributed by atoms with Gasteiger partial charge in [0.05, 0.1) is 21.3 Å². The molecule has 0 aliphatic carbocycles. The summed E-state index contributed by atoms with van der Waals surface area (Å²) < 4.78 is 0. The summed E-state index contributed by atoms with van der Waals surface area (Å²) >= 11 is 11.6. The number of carbonyl (C=O) groups excluding carboxylic acids is 3. The van der Waals surface area contributed by atoms with E-state index in [-0.39, 0.29) is 16.3 Å². The molecule has 4 N–H and O–H groups in total. The number of primary amides is 1. The van der Waals surface area contributed by atoms with Crippen molar-refractivity contribution in [1.82, 2.24) is 0 Å². The van der Waals surface area contributed by atoms with Crippen LogP contribution in [0, 0.1) is 0 Å². The molecule has 0 saturated heterocycles. The van der Waals surface area contributed by atoms with Crippen molar-refractivity contribution >= 4 is 52.3 Å². The molecule has 23 heavy (non-hydrogen) atoms. The first kappa shape index (κ1) is 16.8. The number of hydrogen-bond acceptors (Lipinski definition) is 3. The van der Waals surface area contributed by atoms with Crippen LogP contribution < -0.4 is 16.4 Å². The Morgan fingerprint density at radius 3 is 2.17 bits per heavy atom. The highest BCUT2D eigenvalue weighted by Gasteiger charge is 2.17. The first-order chi connectivity index (χ1) is 10.9. The molecule has 8 heteroatoms. The summed E-state index contributed by atoms with van der Waals surface area (Å²) in [6, 6.07) is 10.5. The summed E-state index contributed by atoms with van der Waals surface area (Å²) in [5.74, 6) is -2.60. The van der Waals surface area contributed by atoms with E-state index in [0.29, 0.717) is 10.7 Å². The molecule has 0 fully saturated rings. The Morgan fingerprint density at radius 2 is 1.52 bits per heavy atom. The lowest BCUT2D eigenvalue weighted by molar-refractivity contribution is -0.133. The van der Waals surface area contributed by atoms with Gasteiger partial charge in [-0.25, -0.2) is 0 Å². The second kappa shape index (κ2) is 7.13. The van der Waals surface area contributed by atoms with Gasteiger partial charge in [-0.05, 0) is 30.3 Å². The number of nitrogens with two attached hydrogens (primary N) is 1. The highest BCUT2D eigenvalue weighted by molar-refractivity contribution is 6.44. The SMILES string of the molecule is NC(=O)c1ccccc1NC(=O)C(=O)Nc1ccc(Cl)c(Cl)c1. The third-order valence-corrected chi connectivity index (χ3v) is 3.56. The molecule has 0 aromatic heterocycles. The van der Waals surface area contributed by atoms with Crippen LogP contribution in [0.15, 0.2) is 42.5 Å². The molecule has 3 amide bonds. The smallest absolute Gasteiger partial charge is 0.314 e. The number of carbonyl (C=O) groups is 3. The first-order valence-corrected chi connectivity index (χ1v) is 7.10. The van der Waals surface area contributed by atoms with Crippen LogP contribution in [0.5, 0.6) is 0 Å². The number of hydrogen-bond donors (Lipinski definition) is 3. The number of rotatable bonds is 3. The van der Waals surface area contributed by atoms with Crippen LogP contribution in [0.1, 0.15) is 10.4 Å². The Hall–Kier alpha value is -2.57. The highest BCUT2D eigenvalue weighted by Crippen LogP contribution is 2.25. The monoisotopic (exact) mass is 351 g/mol. The van der Waals surface area contributed by atoms with Crippen molar-refractivity contribution in [1.29, 1.82) is 0 Å². The predicted octanol–water partition coefficient (Wildman–Crippen LogP) is 2.67. The zero-order valence-corrected chi connectivity index (χ0v) is 13.1. The van der Waals surface area contributed by atoms with E-state index >= 15 is 0 Å². The van der Waals surface area contributed by atoms with Gasteiger partial charge in [-0.1, -0.05) is 35.3 Å². The number of benzene rings is 2. The third-order valence-electron chi connectivity index (χ3n) is 2.82. The molecule has 2 aromatic rings. The fraction of sp³-hybridized carbons (Fsp3) is 0. The highest BCUT2D eigenvalue weighted by atomic mass is 35.5. The Kier molecular flexibility index (Phi) is 5.20. The average molecular weight is 352 g/mol. The van der Waals surface area contributed by atoms with E-state index in [0.717, 1.165) is 0 Å². The van der Waals surface area contributed by atoms with Gasteiger partial charge < -0.3 is 16.4 Å². The number of nitrogens with one attached hydrogen (secondary N) is 2. The van der Waals surface area contributed by atoms with Crippen LogP contribution in [0.2, 0.25) is 10.0 Å². The molecule has 118 valence electrons. The fourth-order valence-electron chi connectivity index (χ4n) is 1.75. The molecule has 0 heterocycles. The van der Waals surface area contributed by atoms with Crippen molar-refractivity contribution < 1.29 is 14.4 Å². The van der Waals surface area contributed by atoms with Gasteiger partial charge in [0.25, 0.3) is 5.91 Å². The lowest BCUT2D eigenvalue weighted by Crippen LogP contribution is -2.30. The summed E-state index contributed by atoms with van der Waals surface area (Å²) in [7, 11) is 0. The molecule has 6 nitrogen and oxygen atoms in total. The minimum absolute atomic E-state index is 0.100. The van der Waals surface area contributed by atoms with Crippen molar-refractivity contribution in [3.63, 3.8) is 0 Å². The van der Waals surface area contributed by atoms with Gasteiger partial charge in [0.15, 0.2) is 0 Å². The maximum atomic E-state index is 11.9. The van der Waals surface area contributed by atoms with E-state index in [1.165, 1.54) is 30.3 Å². The quantitative estimate of drug-likeness (QED) is 0.740. The summed E-state index contributed by atoms with van der Waals surface area (Å²) in [6.45, 7) is 0. The lowest BCUT2D eigenvalue weighted by Gasteiger charge is -2.09. The van der Waals surface area contributed by atoms with E-state index in [9.17, 15) is 14.4 Å². The van der Waals surface area contributed by atoms with Crippen molar-refractivity contribution in [2.24, 2.45) is 5.73 Å². The normalized spacial score (nSPS) is 10.0. The molecule has 2 aromatic carbocycles. The van der Waals surface area contributed by atoms with E-state index in [4.69, 9.17) is 28.9 Å². The molecule has 0 atom stereocenters. The molecule has 0 saturated carbocycles. The fourth-order valence-corrected chi connectivity index (χ4v) is 2.05. The number of para-hydroxylation sites is 1. The van der Waals surface area contributed by atoms with Crippen LogP contribution >= 0.6 is 23.2 Å². The zero-order chi connectivity index (χ0) is 17.0. The Labute approximate surface area is 141 Å². The van der Waals surface area contributed by atoms with Crippen LogP contribution in [0.3, 0.4) is 0 Å². The van der Waals surface area contributed by atoms with E-state index in [1.54, 1.807) is 12.1 Å². The Morgan fingerprint density at radius 1 is 0.870 bits per heavy atom. The molecular weight excluding hydrogens is 341 g/mol. The number of anilines is 2. The second-order valence-electron chi connectivity index (χ2n) is 4.45. The second-order valence-corrected chi connectivity index (χ2v) is 5.26. The standard InChI is InChI=1S/C15H11Cl2N3O3/c16-10-6-5-8(7-11(10)17)19-14(22)15(23)20-12-4-2-1-3-9(12)13(18)21/h1-7H,(H2,18,21)(H,19,22)(H,20,23). The van der Waals surface area contributed by atoms with Gasteiger partial charge in [0.2, 0.25) is 0 Å². The molecule has 2 rings (SSSR count). The lowest BCUT2D eigenvalue weighted by atomic mass is 10.1. The van der Waals surface area contributed by atoms with Crippen LogP contribution in [0.25, 0.3) is 0 Å². The molecule has 0 aliphatic heterocycles. The van der Waals surface area contributed by atoms with Crippen LogP contribution in [0.4, 0.5) is 11.4 Å². The van der Waals surface area contributed by atoms with Gasteiger partial charge in [0.1, 0.15) is 0 Å². The van der Waals surface area contributed by atoms with E-state index < -0.39 is 17.7 Å². The van der Waals surface area contributed by atoms with Crippen molar-refractivity contribution in [2.45, 2.75) is 0 Å². The molecule has 0 aliphatic rings. The van der Waals surface area contributed by atoms with Gasteiger partial charge in [-0.2, -0.15) is 0 Å². The topological polar surface area (TPSA) is 101 Å². The summed E-state index contributed by atoms with van der Waals surface area (Å²) in [4.78, 5) is 35.1. The third kappa shape index (κ3) is 4.21. The van der Waals surface area contributed by atoms with Gasteiger partial charge in [0, 0.05) is 5.69 Å². The van der Waals surface area contributed by atoms with E-state index in [2.05, 4.69) is 10.6 Å². The Bertz CT molecular complexity index is 793. The number of amides is 3. The molecule has 0 bridgehead atoms. The number of halogens is 2. The van der Waals surface area contributed by atoms with Crippen molar-refractivity contribution in [3.8, 4) is 0 Å². The maximum Gasteiger partial charge on any atom is 0.314 e. The van der Waals surface area contributed by atoms with Crippen LogP contribution in [-0.2, 0) is 9.59 Å². The predicted molar refractivity (Wildman–Crippen MR) is 88.7 cm³/mol. The molecule has 0 unspecified atom stereocenters. The summed E-state index contributed by atoms with van der Waals surface area (Å²) in [5.41, 5.74) is 5.76. The molecule has 0 radical (unpaired) electrons. The van der Waals surface area contributed by atoms with E-state index in [1.807, 2.05) is 0 Å². The average Bonchev–Trinajstić information content (AvgIpc) is 2.51. The van der Waals surface area contributed by atoms with Crippen molar-refractivity contribution in [2.75, 3.05) is 10.6 Å². The minimum atomic E-state index is -0.954. The summed E-state index contributed by atoms with van der Waals surface area (Å²) in [5, 5.41) is 5.26. The van der Waals surface area contributed by atoms with Crippen molar-refractivity contribution in [3.05, 3.63) is 58.1 Å². The van der Waals surface area contributed by atoms with Gasteiger partial charge in [-0.15, -0.1) is 0 Å². The Balaban J connectivity index is 2.10. The minimum Gasteiger partial charge on any atom is -0.366 e. The maximum absolute atomic E-state index is 11.9. The molecule has 0 spiro atoms. The molecular formula is C15H11Cl2N3O3. The van der Waals surface area contributed by atoms with Crippen LogP contribution in [-0.4, -0.2) is 17.7 Å². The zero-order valence-electron chi connectivity index (χ0n) is 11.6. The first-order valence-electron chi connectivity index (χ1n) is 6.34. The van der Waals surface area contributed by atoms with Gasteiger partial charge >= 0.3 is 11.8 Å². The largest absolute Gasteiger partial charge is 0.366 e. The summed E-state index contributed by atoms with van der Waals surface area (Å²) in [6.07, 6.45) is 0.